The molecule has 1 unspecified atom stereocenters. The van der Waals surface area contributed by atoms with Crippen molar-refractivity contribution >= 4 is 17.1 Å². The summed E-state index contributed by atoms with van der Waals surface area (Å²) in [7, 11) is 0. The van der Waals surface area contributed by atoms with Crippen molar-refractivity contribution in [2.24, 2.45) is 5.92 Å². The van der Waals surface area contributed by atoms with Gasteiger partial charge in [-0.1, -0.05) is 0 Å². The van der Waals surface area contributed by atoms with Crippen molar-refractivity contribution in [2.45, 2.75) is 25.1 Å². The molecule has 0 radical (unpaired) electrons. The topological polar surface area (TPSA) is 102 Å². The Kier molecular flexibility index (Phi) is 5.61. The smallest absolute Gasteiger partial charge is 0.416 e. The fraction of sp³-hybridized carbons (Fsp3) is 0.571. The average Bonchev–Trinajstić information content (AvgIpc) is 2.54. The number of anilines is 1. The van der Waals surface area contributed by atoms with Crippen molar-refractivity contribution in [3.05, 3.63) is 37.9 Å². The van der Waals surface area contributed by atoms with Gasteiger partial charge in [0.15, 0.2) is 5.69 Å². The SMILES string of the molecule is O=[N+]([O-])c1cc(C(F)(F)F)cc([N+](=O)[O-])c1NC1CN2CCC1CC2.[Cl-]. The second kappa shape index (κ2) is 7.23. The highest BCUT2D eigenvalue weighted by atomic mass is 35.5. The minimum absolute atomic E-state index is 0. The number of nitrogens with one attached hydrogen (secondary N) is 1. The fourth-order valence-corrected chi connectivity index (χ4v) is 3.53. The molecular weight excluding hydrogens is 381 g/mol. The molecule has 3 heterocycles. The molecule has 0 spiro atoms. The normalized spacial score (nSPS) is 24.7. The molecule has 144 valence electrons. The van der Waals surface area contributed by atoms with Gasteiger partial charge >= 0.3 is 6.18 Å². The van der Waals surface area contributed by atoms with Crippen molar-refractivity contribution in [1.82, 2.24) is 4.90 Å². The van der Waals surface area contributed by atoms with Gasteiger partial charge in [0.1, 0.15) is 0 Å². The summed E-state index contributed by atoms with van der Waals surface area (Å²) < 4.78 is 38.7. The van der Waals surface area contributed by atoms with E-state index in [2.05, 4.69) is 10.2 Å². The Hall–Kier alpha value is -2.14. The van der Waals surface area contributed by atoms with Crippen LogP contribution in [0.5, 0.6) is 0 Å². The van der Waals surface area contributed by atoms with E-state index in [0.29, 0.717) is 18.7 Å². The first-order valence-electron chi connectivity index (χ1n) is 7.69. The maximum Gasteiger partial charge on any atom is 0.416 e. The maximum absolute atomic E-state index is 12.9. The molecule has 1 aromatic carbocycles. The molecule has 12 heteroatoms. The number of alkyl halides is 3. The molecule has 1 aromatic rings. The van der Waals surface area contributed by atoms with Gasteiger partial charge in [0, 0.05) is 24.7 Å². The van der Waals surface area contributed by atoms with Crippen LogP contribution in [-0.4, -0.2) is 40.4 Å². The summed E-state index contributed by atoms with van der Waals surface area (Å²) in [6.07, 6.45) is -3.22. The highest BCUT2D eigenvalue weighted by Gasteiger charge is 2.40. The zero-order valence-electron chi connectivity index (χ0n) is 13.3. The monoisotopic (exact) mass is 395 g/mol. The number of rotatable bonds is 4. The Morgan fingerprint density at radius 1 is 1.08 bits per heavy atom. The van der Waals surface area contributed by atoms with E-state index in [1.807, 2.05) is 0 Å². The van der Waals surface area contributed by atoms with Gasteiger partial charge in [-0.3, -0.25) is 20.2 Å². The number of hydrogen-bond acceptors (Lipinski definition) is 6. The van der Waals surface area contributed by atoms with E-state index >= 15 is 0 Å². The first-order chi connectivity index (χ1) is 11.7. The van der Waals surface area contributed by atoms with Gasteiger partial charge in [0.05, 0.1) is 15.4 Å². The maximum atomic E-state index is 12.9. The van der Waals surface area contributed by atoms with Crippen LogP contribution in [0.3, 0.4) is 0 Å². The lowest BCUT2D eigenvalue weighted by molar-refractivity contribution is -0.392. The number of nitrogens with zero attached hydrogens (tertiary/aromatic N) is 3. The second-order valence-corrected chi connectivity index (χ2v) is 6.29. The molecule has 1 atom stereocenters. The average molecular weight is 396 g/mol. The van der Waals surface area contributed by atoms with Crippen LogP contribution in [-0.2, 0) is 6.18 Å². The molecule has 26 heavy (non-hydrogen) atoms. The van der Waals surface area contributed by atoms with Crippen molar-refractivity contribution < 1.29 is 35.4 Å². The summed E-state index contributed by atoms with van der Waals surface area (Å²) in [4.78, 5) is 22.6. The first-order valence-corrected chi connectivity index (χ1v) is 7.69. The minimum Gasteiger partial charge on any atom is -1.00 e. The van der Waals surface area contributed by atoms with E-state index < -0.39 is 38.6 Å². The van der Waals surface area contributed by atoms with E-state index in [1.165, 1.54) is 0 Å². The van der Waals surface area contributed by atoms with Crippen LogP contribution in [0.4, 0.5) is 30.2 Å². The Morgan fingerprint density at radius 2 is 1.58 bits per heavy atom. The second-order valence-electron chi connectivity index (χ2n) is 6.29. The zero-order valence-corrected chi connectivity index (χ0v) is 14.1. The summed E-state index contributed by atoms with van der Waals surface area (Å²) in [6, 6.07) is 0.421. The van der Waals surface area contributed by atoms with E-state index in [0.717, 1.165) is 25.9 Å². The number of fused-ring (bicyclic) bond motifs is 3. The van der Waals surface area contributed by atoms with Crippen molar-refractivity contribution in [1.29, 1.82) is 0 Å². The predicted octanol–water partition coefficient (Wildman–Crippen LogP) is 0.0319. The number of hydrogen-bond donors (Lipinski definition) is 1. The van der Waals surface area contributed by atoms with E-state index in [9.17, 15) is 33.4 Å². The van der Waals surface area contributed by atoms with Crippen molar-refractivity contribution in [3.63, 3.8) is 0 Å². The van der Waals surface area contributed by atoms with Crippen LogP contribution in [0.25, 0.3) is 0 Å². The number of nitro groups is 2. The van der Waals surface area contributed by atoms with Gasteiger partial charge in [-0.15, -0.1) is 0 Å². The highest BCUT2D eigenvalue weighted by Crippen LogP contribution is 2.42. The van der Waals surface area contributed by atoms with E-state index in [-0.39, 0.29) is 24.4 Å². The molecule has 3 aliphatic heterocycles. The molecule has 0 aliphatic carbocycles. The molecular formula is C14H15ClF3N4O4-. The van der Waals surface area contributed by atoms with E-state index in [4.69, 9.17) is 0 Å². The van der Waals surface area contributed by atoms with Gasteiger partial charge in [0.2, 0.25) is 0 Å². The Morgan fingerprint density at radius 3 is 1.92 bits per heavy atom. The van der Waals surface area contributed by atoms with Gasteiger partial charge in [-0.2, -0.15) is 13.2 Å². The Labute approximate surface area is 152 Å². The highest BCUT2D eigenvalue weighted by molar-refractivity contribution is 5.75. The largest absolute Gasteiger partial charge is 1.00 e. The molecule has 1 N–H and O–H groups in total. The molecule has 4 rings (SSSR count). The van der Waals surface area contributed by atoms with Crippen LogP contribution in [0.1, 0.15) is 18.4 Å². The third-order valence-corrected chi connectivity index (χ3v) is 4.80. The van der Waals surface area contributed by atoms with Crippen LogP contribution in [0, 0.1) is 26.1 Å². The lowest BCUT2D eigenvalue weighted by Crippen LogP contribution is -3.00. The molecule has 0 amide bonds. The third kappa shape index (κ3) is 3.83. The van der Waals surface area contributed by atoms with Gasteiger partial charge < -0.3 is 22.6 Å². The molecule has 3 fully saturated rings. The zero-order chi connectivity index (χ0) is 18.4. The minimum atomic E-state index is -4.91. The summed E-state index contributed by atoms with van der Waals surface area (Å²) in [5.41, 5.74) is -3.73. The number of piperidine rings is 3. The third-order valence-electron chi connectivity index (χ3n) is 4.80. The van der Waals surface area contributed by atoms with Gasteiger partial charge in [-0.25, -0.2) is 0 Å². The Balaban J connectivity index is 0.00000243. The molecule has 3 saturated heterocycles. The standard InChI is InChI=1S/C14H15F3N4O4.ClH/c15-14(16,17)9-5-11(20(22)23)13(12(6-9)21(24)25)18-10-7-19-3-1-8(10)2-4-19;/h5-6,8,10,18H,1-4,7H2;1H/p-1. The van der Waals surface area contributed by atoms with Crippen LogP contribution in [0.2, 0.25) is 0 Å². The van der Waals surface area contributed by atoms with Crippen LogP contribution >= 0.6 is 0 Å². The lowest BCUT2D eigenvalue weighted by atomic mass is 9.84. The number of nitro benzene ring substituents is 2. The first kappa shape index (κ1) is 20.2. The van der Waals surface area contributed by atoms with Gasteiger partial charge in [0.25, 0.3) is 11.4 Å². The summed E-state index contributed by atoms with van der Waals surface area (Å²) in [5.74, 6) is 0.187. The molecule has 3 aliphatic rings. The predicted molar refractivity (Wildman–Crippen MR) is 81.3 cm³/mol. The number of benzene rings is 1. The Bertz CT molecular complexity index is 688. The summed E-state index contributed by atoms with van der Waals surface area (Å²) >= 11 is 0. The summed E-state index contributed by atoms with van der Waals surface area (Å²) in [6.45, 7) is 2.33. The molecule has 0 aromatic heterocycles. The molecule has 2 bridgehead atoms. The van der Waals surface area contributed by atoms with Crippen molar-refractivity contribution in [2.75, 3.05) is 25.0 Å². The van der Waals surface area contributed by atoms with Gasteiger partial charge in [-0.05, 0) is 31.8 Å². The molecule has 8 nitrogen and oxygen atoms in total. The van der Waals surface area contributed by atoms with Crippen LogP contribution < -0.4 is 17.7 Å². The van der Waals surface area contributed by atoms with Crippen molar-refractivity contribution in [3.8, 4) is 0 Å². The summed E-state index contributed by atoms with van der Waals surface area (Å²) in [5, 5.41) is 25.3. The van der Waals surface area contributed by atoms with Crippen LogP contribution in [0.15, 0.2) is 12.1 Å². The number of halogens is 4. The molecule has 0 saturated carbocycles. The lowest BCUT2D eigenvalue weighted by Gasteiger charge is -2.45. The van der Waals surface area contributed by atoms with E-state index in [1.54, 1.807) is 0 Å². The quantitative estimate of drug-likeness (QED) is 0.570. The fourth-order valence-electron chi connectivity index (χ4n) is 3.53.